The lowest BCUT2D eigenvalue weighted by Gasteiger charge is -2.11. The molecule has 0 amide bonds. The summed E-state index contributed by atoms with van der Waals surface area (Å²) < 4.78 is 6.00. The van der Waals surface area contributed by atoms with Gasteiger partial charge in [-0.3, -0.25) is 4.98 Å². The molecule has 0 fully saturated rings. The highest BCUT2D eigenvalue weighted by atomic mass is 79.9. The summed E-state index contributed by atoms with van der Waals surface area (Å²) in [6, 6.07) is 13.0. The van der Waals surface area contributed by atoms with Crippen LogP contribution in [0.3, 0.4) is 0 Å². The minimum atomic E-state index is -0.638. The quantitative estimate of drug-likeness (QED) is 0.773. The summed E-state index contributed by atoms with van der Waals surface area (Å²) in [5, 5.41) is 10.3. The van der Waals surface area contributed by atoms with Gasteiger partial charge < -0.3 is 9.52 Å². The van der Waals surface area contributed by atoms with Gasteiger partial charge in [-0.05, 0) is 35.4 Å². The highest BCUT2D eigenvalue weighted by Gasteiger charge is 2.11. The van der Waals surface area contributed by atoms with Gasteiger partial charge in [0.2, 0.25) is 0 Å². The first-order valence-corrected chi connectivity index (χ1v) is 6.96. The summed E-state index contributed by atoms with van der Waals surface area (Å²) in [7, 11) is 0. The number of aliphatic hydroxyl groups is 1. The molecule has 0 saturated carbocycles. The first kappa shape index (κ1) is 13.1. The van der Waals surface area contributed by atoms with Gasteiger partial charge in [0, 0.05) is 10.9 Å². The predicted molar refractivity (Wildman–Crippen MR) is 79.6 cm³/mol. The standard InChI is InChI=1S/C15H12BrNO3/c16-11-4-1-9(2-5-11)7-13(18)10-3-6-12-14(8-10)20-15(19)17-12/h1-6,8,13,18H,7H2,(H,17,19). The fraction of sp³-hybridized carbons (Fsp3) is 0.133. The molecule has 1 atom stereocenters. The number of nitrogens with one attached hydrogen (secondary N) is 1. The molecule has 0 aliphatic heterocycles. The van der Waals surface area contributed by atoms with E-state index in [0.29, 0.717) is 17.5 Å². The molecule has 4 nitrogen and oxygen atoms in total. The van der Waals surface area contributed by atoms with E-state index in [9.17, 15) is 9.90 Å². The van der Waals surface area contributed by atoms with Crippen molar-refractivity contribution in [2.45, 2.75) is 12.5 Å². The number of hydrogen-bond acceptors (Lipinski definition) is 3. The number of aromatic nitrogens is 1. The molecular formula is C15H12BrNO3. The molecule has 0 bridgehead atoms. The normalized spacial score (nSPS) is 12.7. The zero-order valence-corrected chi connectivity index (χ0v) is 12.1. The first-order chi connectivity index (χ1) is 9.61. The lowest BCUT2D eigenvalue weighted by atomic mass is 10.0. The number of H-pyrrole nitrogens is 1. The number of hydrogen-bond donors (Lipinski definition) is 2. The van der Waals surface area contributed by atoms with E-state index in [4.69, 9.17) is 4.42 Å². The van der Waals surface area contributed by atoms with Crippen LogP contribution in [-0.4, -0.2) is 10.1 Å². The maximum Gasteiger partial charge on any atom is 0.417 e. The molecule has 0 spiro atoms. The second kappa shape index (κ2) is 5.26. The van der Waals surface area contributed by atoms with Crippen molar-refractivity contribution in [3.63, 3.8) is 0 Å². The Balaban J connectivity index is 1.85. The van der Waals surface area contributed by atoms with Crippen LogP contribution in [0.25, 0.3) is 11.1 Å². The van der Waals surface area contributed by atoms with Crippen molar-refractivity contribution in [1.82, 2.24) is 4.98 Å². The molecule has 1 unspecified atom stereocenters. The van der Waals surface area contributed by atoms with Crippen molar-refractivity contribution in [2.24, 2.45) is 0 Å². The number of benzene rings is 2. The lowest BCUT2D eigenvalue weighted by molar-refractivity contribution is 0.178. The van der Waals surface area contributed by atoms with Gasteiger partial charge in [0.25, 0.3) is 0 Å². The predicted octanol–water partition coefficient (Wildman–Crippen LogP) is 3.16. The van der Waals surface area contributed by atoms with E-state index in [0.717, 1.165) is 15.6 Å². The number of halogens is 1. The van der Waals surface area contributed by atoms with Crippen LogP contribution in [0.2, 0.25) is 0 Å². The Bertz CT molecular complexity index is 789. The molecule has 0 radical (unpaired) electrons. The molecule has 0 aliphatic rings. The van der Waals surface area contributed by atoms with Crippen LogP contribution < -0.4 is 5.76 Å². The van der Waals surface area contributed by atoms with E-state index in [2.05, 4.69) is 20.9 Å². The molecule has 5 heteroatoms. The van der Waals surface area contributed by atoms with Gasteiger partial charge in [-0.25, -0.2) is 4.79 Å². The summed E-state index contributed by atoms with van der Waals surface area (Å²) in [6.45, 7) is 0. The lowest BCUT2D eigenvalue weighted by Crippen LogP contribution is -2.01. The highest BCUT2D eigenvalue weighted by Crippen LogP contribution is 2.22. The minimum absolute atomic E-state index is 0.461. The number of aromatic amines is 1. The second-order valence-corrected chi connectivity index (χ2v) is 5.53. The van der Waals surface area contributed by atoms with E-state index in [1.165, 1.54) is 0 Å². The van der Waals surface area contributed by atoms with Gasteiger partial charge in [-0.15, -0.1) is 0 Å². The third kappa shape index (κ3) is 2.69. The number of rotatable bonds is 3. The zero-order valence-electron chi connectivity index (χ0n) is 10.5. The van der Waals surface area contributed by atoms with Gasteiger partial charge in [0.05, 0.1) is 11.6 Å². The Kier molecular flexibility index (Phi) is 3.46. The fourth-order valence-corrected chi connectivity index (χ4v) is 2.40. The van der Waals surface area contributed by atoms with Crippen LogP contribution in [0, 0.1) is 0 Å². The van der Waals surface area contributed by atoms with Gasteiger partial charge in [0.1, 0.15) is 0 Å². The summed E-state index contributed by atoms with van der Waals surface area (Å²) in [6.07, 6.45) is -0.131. The third-order valence-corrected chi connectivity index (χ3v) is 3.70. The molecule has 3 rings (SSSR count). The average molecular weight is 334 g/mol. The smallest absolute Gasteiger partial charge is 0.408 e. The van der Waals surface area contributed by atoms with Crippen molar-refractivity contribution < 1.29 is 9.52 Å². The van der Waals surface area contributed by atoms with Crippen molar-refractivity contribution in [3.8, 4) is 0 Å². The summed E-state index contributed by atoms with van der Waals surface area (Å²) in [5.41, 5.74) is 2.86. The van der Waals surface area contributed by atoms with Crippen molar-refractivity contribution in [3.05, 3.63) is 68.6 Å². The van der Waals surface area contributed by atoms with E-state index >= 15 is 0 Å². The number of fused-ring (bicyclic) bond motifs is 1. The molecule has 3 aromatic rings. The Labute approximate surface area is 123 Å². The van der Waals surface area contributed by atoms with Gasteiger partial charge >= 0.3 is 5.76 Å². The van der Waals surface area contributed by atoms with Gasteiger partial charge in [-0.1, -0.05) is 34.1 Å². The first-order valence-electron chi connectivity index (χ1n) is 6.17. The average Bonchev–Trinajstić information content (AvgIpc) is 2.80. The second-order valence-electron chi connectivity index (χ2n) is 4.62. The molecule has 0 saturated heterocycles. The topological polar surface area (TPSA) is 66.2 Å². The highest BCUT2D eigenvalue weighted by molar-refractivity contribution is 9.10. The minimum Gasteiger partial charge on any atom is -0.408 e. The SMILES string of the molecule is O=c1[nH]c2ccc(C(O)Cc3ccc(Br)cc3)cc2o1. The molecule has 1 heterocycles. The van der Waals surface area contributed by atoms with Crippen molar-refractivity contribution in [2.75, 3.05) is 0 Å². The monoisotopic (exact) mass is 333 g/mol. The van der Waals surface area contributed by atoms with Crippen molar-refractivity contribution in [1.29, 1.82) is 0 Å². The number of aliphatic hydroxyl groups excluding tert-OH is 1. The summed E-state index contributed by atoms with van der Waals surface area (Å²) >= 11 is 3.38. The van der Waals surface area contributed by atoms with Crippen LogP contribution in [0.15, 0.2) is 56.1 Å². The van der Waals surface area contributed by atoms with Gasteiger partial charge in [-0.2, -0.15) is 0 Å². The largest absolute Gasteiger partial charge is 0.417 e. The van der Waals surface area contributed by atoms with Crippen LogP contribution in [0.1, 0.15) is 17.2 Å². The Morgan fingerprint density at radius 1 is 1.20 bits per heavy atom. The maximum atomic E-state index is 11.1. The maximum absolute atomic E-state index is 11.1. The van der Waals surface area contributed by atoms with Crippen LogP contribution in [-0.2, 0) is 6.42 Å². The molecule has 20 heavy (non-hydrogen) atoms. The molecule has 2 aromatic carbocycles. The zero-order chi connectivity index (χ0) is 14.1. The van der Waals surface area contributed by atoms with E-state index in [1.54, 1.807) is 18.2 Å². The van der Waals surface area contributed by atoms with Crippen LogP contribution in [0.4, 0.5) is 0 Å². The Hall–Kier alpha value is -1.85. The van der Waals surface area contributed by atoms with E-state index in [1.807, 2.05) is 24.3 Å². The molecule has 2 N–H and O–H groups in total. The van der Waals surface area contributed by atoms with E-state index in [-0.39, 0.29) is 0 Å². The Morgan fingerprint density at radius 3 is 2.70 bits per heavy atom. The summed E-state index contributed by atoms with van der Waals surface area (Å²) in [5.74, 6) is -0.487. The van der Waals surface area contributed by atoms with E-state index < -0.39 is 11.9 Å². The molecular weight excluding hydrogens is 322 g/mol. The molecule has 1 aromatic heterocycles. The molecule has 102 valence electrons. The van der Waals surface area contributed by atoms with Crippen molar-refractivity contribution >= 4 is 27.0 Å². The summed E-state index contributed by atoms with van der Waals surface area (Å²) in [4.78, 5) is 13.7. The third-order valence-electron chi connectivity index (χ3n) is 3.17. The van der Waals surface area contributed by atoms with Gasteiger partial charge in [0.15, 0.2) is 5.58 Å². The number of oxazole rings is 1. The Morgan fingerprint density at radius 2 is 1.95 bits per heavy atom. The van der Waals surface area contributed by atoms with Crippen LogP contribution in [0.5, 0.6) is 0 Å². The molecule has 0 aliphatic carbocycles. The fourth-order valence-electron chi connectivity index (χ4n) is 2.13. The van der Waals surface area contributed by atoms with Crippen LogP contribution >= 0.6 is 15.9 Å².